The molecule has 0 saturated carbocycles. The molecule has 1 aromatic heterocycles. The van der Waals surface area contributed by atoms with Gasteiger partial charge in [0, 0.05) is 23.1 Å². The third kappa shape index (κ3) is 5.42. The van der Waals surface area contributed by atoms with E-state index in [0.29, 0.717) is 69.2 Å². The highest BCUT2D eigenvalue weighted by Crippen LogP contribution is 2.46. The minimum Gasteiger partial charge on any atom is -0.493 e. The first-order valence-electron chi connectivity index (χ1n) is 13.0. The molecule has 2 aliphatic rings. The number of ether oxygens (including phenoxy) is 4. The average molecular weight is 559 g/mol. The van der Waals surface area contributed by atoms with Crippen LogP contribution in [0.15, 0.2) is 29.1 Å². The number of hydrogen-bond acceptors (Lipinski definition) is 9. The second kappa shape index (κ2) is 12.7. The van der Waals surface area contributed by atoms with Gasteiger partial charge in [0.25, 0.3) is 5.56 Å². The summed E-state index contributed by atoms with van der Waals surface area (Å²) in [6.45, 7) is 4.75. The van der Waals surface area contributed by atoms with Crippen LogP contribution in [-0.4, -0.2) is 64.1 Å². The third-order valence-electron chi connectivity index (χ3n) is 7.01. The lowest BCUT2D eigenvalue weighted by Crippen LogP contribution is -2.27. The second-order valence-corrected chi connectivity index (χ2v) is 9.36. The maximum Gasteiger partial charge on any atom is 0.259 e. The van der Waals surface area contributed by atoms with Crippen molar-refractivity contribution < 1.29 is 23.7 Å². The first-order chi connectivity index (χ1) is 18.6. The monoisotopic (exact) mass is 558 g/mol. The third-order valence-corrected chi connectivity index (χ3v) is 7.01. The summed E-state index contributed by atoms with van der Waals surface area (Å²) in [4.78, 5) is 27.6. The number of nitrogens with one attached hydrogen (secondary N) is 2. The first kappa shape index (κ1) is 28.7. The minimum absolute atomic E-state index is 0. The van der Waals surface area contributed by atoms with E-state index in [1.807, 2.05) is 0 Å². The normalized spacial score (nSPS) is 12.8. The number of carbonyl (C=O) groups is 1. The molecule has 210 valence electrons. The molecule has 0 amide bonds. The number of nitrogens with zero attached hydrogens (tertiary/aromatic N) is 1. The van der Waals surface area contributed by atoms with Gasteiger partial charge >= 0.3 is 0 Å². The van der Waals surface area contributed by atoms with E-state index in [-0.39, 0.29) is 30.5 Å². The van der Waals surface area contributed by atoms with Crippen molar-refractivity contribution in [1.82, 2.24) is 15.2 Å². The number of methoxy groups -OCH3 is 2. The van der Waals surface area contributed by atoms with Crippen molar-refractivity contribution in [3.05, 3.63) is 45.7 Å². The summed E-state index contributed by atoms with van der Waals surface area (Å²) in [6, 6.07) is 6.89. The highest BCUT2D eigenvalue weighted by molar-refractivity contribution is 6.27. The van der Waals surface area contributed by atoms with E-state index in [1.54, 1.807) is 28.8 Å². The molecular weight excluding hydrogens is 524 g/mol. The Morgan fingerprint density at radius 1 is 0.846 bits per heavy atom. The molecule has 3 aromatic rings. The number of pyridine rings is 1. The Morgan fingerprint density at radius 3 is 2.08 bits per heavy atom. The highest BCUT2D eigenvalue weighted by atomic mass is 35.5. The number of aromatic nitrogens is 1. The molecule has 2 aromatic carbocycles. The van der Waals surface area contributed by atoms with Crippen LogP contribution in [0.25, 0.3) is 22.0 Å². The van der Waals surface area contributed by atoms with E-state index in [2.05, 4.69) is 10.6 Å². The van der Waals surface area contributed by atoms with Crippen molar-refractivity contribution >= 4 is 29.0 Å². The van der Waals surface area contributed by atoms with Crippen LogP contribution in [0.3, 0.4) is 0 Å². The topological polar surface area (TPSA) is 126 Å². The Labute approximate surface area is 233 Å². The molecule has 0 atom stereocenters. The first-order valence-corrected chi connectivity index (χ1v) is 13.0. The van der Waals surface area contributed by atoms with Gasteiger partial charge in [0.2, 0.25) is 6.79 Å². The molecule has 0 bridgehead atoms. The molecule has 10 nitrogen and oxygen atoms in total. The zero-order valence-electron chi connectivity index (χ0n) is 22.3. The van der Waals surface area contributed by atoms with E-state index in [1.165, 1.54) is 14.2 Å². The largest absolute Gasteiger partial charge is 0.493 e. The average Bonchev–Trinajstić information content (AvgIpc) is 3.51. The van der Waals surface area contributed by atoms with Crippen molar-refractivity contribution in [2.24, 2.45) is 5.73 Å². The van der Waals surface area contributed by atoms with Gasteiger partial charge in [0.15, 0.2) is 28.8 Å². The molecule has 1 aliphatic heterocycles. The van der Waals surface area contributed by atoms with Crippen LogP contribution in [0.2, 0.25) is 0 Å². The van der Waals surface area contributed by atoms with E-state index in [9.17, 15) is 9.59 Å². The van der Waals surface area contributed by atoms with Crippen molar-refractivity contribution in [1.29, 1.82) is 0 Å². The summed E-state index contributed by atoms with van der Waals surface area (Å²) in [5.41, 5.74) is 7.61. The number of nitrogens with two attached hydrogens (primary N) is 1. The summed E-state index contributed by atoms with van der Waals surface area (Å²) in [7, 11) is 3.06. The van der Waals surface area contributed by atoms with Crippen LogP contribution < -0.4 is 40.9 Å². The Hall–Kier alpha value is -3.31. The van der Waals surface area contributed by atoms with Crippen LogP contribution in [0.4, 0.5) is 0 Å². The Bertz CT molecular complexity index is 1420. The van der Waals surface area contributed by atoms with Gasteiger partial charge in [0.1, 0.15) is 0 Å². The van der Waals surface area contributed by atoms with Gasteiger partial charge in [-0.3, -0.25) is 9.59 Å². The molecule has 11 heteroatoms. The van der Waals surface area contributed by atoms with Gasteiger partial charge in [-0.05, 0) is 76.3 Å². The Kier molecular flexibility index (Phi) is 9.34. The van der Waals surface area contributed by atoms with Gasteiger partial charge < -0.3 is 39.9 Å². The minimum atomic E-state index is -0.179. The highest BCUT2D eigenvalue weighted by Gasteiger charge is 2.35. The maximum atomic E-state index is 13.9. The lowest BCUT2D eigenvalue weighted by Gasteiger charge is -2.17. The fourth-order valence-electron chi connectivity index (χ4n) is 5.13. The number of halogens is 1. The molecule has 0 spiro atoms. The molecule has 0 radical (unpaired) electrons. The van der Waals surface area contributed by atoms with Crippen molar-refractivity contribution in [3.8, 4) is 34.3 Å². The molecule has 0 saturated heterocycles. The van der Waals surface area contributed by atoms with Crippen molar-refractivity contribution in [2.45, 2.75) is 25.8 Å². The maximum absolute atomic E-state index is 13.9. The summed E-state index contributed by atoms with van der Waals surface area (Å²) in [6.07, 6.45) is 2.71. The fourth-order valence-corrected chi connectivity index (χ4v) is 5.13. The molecular formula is C28H35ClN4O6. The van der Waals surface area contributed by atoms with Gasteiger partial charge in [-0.1, -0.05) is 0 Å². The number of rotatable bonds is 13. The summed E-state index contributed by atoms with van der Waals surface area (Å²) >= 11 is 0. The van der Waals surface area contributed by atoms with E-state index < -0.39 is 0 Å². The fraction of sp³-hybridized carbons (Fsp3) is 0.429. The van der Waals surface area contributed by atoms with E-state index >= 15 is 0 Å². The van der Waals surface area contributed by atoms with Gasteiger partial charge in [0.05, 0.1) is 30.9 Å². The van der Waals surface area contributed by atoms with Gasteiger partial charge in [-0.25, -0.2) is 0 Å². The quantitative estimate of drug-likeness (QED) is 0.212. The smallest absolute Gasteiger partial charge is 0.259 e. The Balaban J connectivity index is 0.00000353. The Morgan fingerprint density at radius 2 is 1.44 bits per heavy atom. The van der Waals surface area contributed by atoms with Crippen LogP contribution in [0.1, 0.15) is 35.2 Å². The molecule has 4 N–H and O–H groups in total. The van der Waals surface area contributed by atoms with Crippen LogP contribution in [0, 0.1) is 0 Å². The standard InChI is InChI=1S/C28H34N4O6.ClH/c1-35-21-12-17-20(15-22(21)36-2)28(34)32(11-5-10-31-9-4-8-30-7-3-6-29)26-18-13-23-24(38-16-37-23)14-19(18)27(33)25(17)26;/h12-15,30-31H,3-11,16,29H2,1-2H3;1H. The molecule has 2 heterocycles. The number of ketones is 1. The van der Waals surface area contributed by atoms with Crippen molar-refractivity contribution in [3.63, 3.8) is 0 Å². The van der Waals surface area contributed by atoms with E-state index in [0.717, 1.165) is 45.4 Å². The zero-order valence-corrected chi connectivity index (χ0v) is 23.1. The molecule has 1 aliphatic carbocycles. The lowest BCUT2D eigenvalue weighted by molar-refractivity contribution is 0.104. The second-order valence-electron chi connectivity index (χ2n) is 9.36. The van der Waals surface area contributed by atoms with Crippen LogP contribution in [-0.2, 0) is 6.54 Å². The zero-order chi connectivity index (χ0) is 26.6. The van der Waals surface area contributed by atoms with Gasteiger partial charge in [-0.2, -0.15) is 0 Å². The van der Waals surface area contributed by atoms with Crippen LogP contribution >= 0.6 is 12.4 Å². The lowest BCUT2D eigenvalue weighted by atomic mass is 10.0. The van der Waals surface area contributed by atoms with Crippen molar-refractivity contribution in [2.75, 3.05) is 53.7 Å². The summed E-state index contributed by atoms with van der Waals surface area (Å²) < 4.78 is 23.8. The molecule has 0 fully saturated rings. The predicted octanol–water partition coefficient (Wildman–Crippen LogP) is 2.69. The number of fused-ring (bicyclic) bond motifs is 6. The van der Waals surface area contributed by atoms with E-state index in [4.69, 9.17) is 24.7 Å². The number of benzene rings is 2. The molecule has 0 unspecified atom stereocenters. The number of hydrogen-bond donors (Lipinski definition) is 3. The summed E-state index contributed by atoms with van der Waals surface area (Å²) in [5.74, 6) is 1.84. The predicted molar refractivity (Wildman–Crippen MR) is 152 cm³/mol. The van der Waals surface area contributed by atoms with Gasteiger partial charge in [-0.15, -0.1) is 12.4 Å². The number of carbonyl (C=O) groups excluding carboxylic acids is 1. The SMILES string of the molecule is COc1cc2c3c(n(CCCNCCCNCCCN)c(=O)c2cc1OC)-c1cc2c(cc1C3=O)OCO2.Cl. The molecule has 5 rings (SSSR count). The van der Waals surface area contributed by atoms with Crippen LogP contribution in [0.5, 0.6) is 23.0 Å². The summed E-state index contributed by atoms with van der Waals surface area (Å²) in [5, 5.41) is 7.77. The molecule has 39 heavy (non-hydrogen) atoms.